The fourth-order valence-corrected chi connectivity index (χ4v) is 2.40. The highest BCUT2D eigenvalue weighted by atomic mass is 32.2. The zero-order valence-corrected chi connectivity index (χ0v) is 11.1. The average Bonchev–Trinajstić information content (AvgIpc) is 2.70. The van der Waals surface area contributed by atoms with Crippen LogP contribution in [0.2, 0.25) is 0 Å². The van der Waals surface area contributed by atoms with E-state index in [1.54, 1.807) is 0 Å². The van der Waals surface area contributed by atoms with Gasteiger partial charge in [-0.15, -0.1) is 0 Å². The van der Waals surface area contributed by atoms with Gasteiger partial charge in [-0.1, -0.05) is 0 Å². The maximum Gasteiger partial charge on any atom is 0.246 e. The highest BCUT2D eigenvalue weighted by molar-refractivity contribution is 7.99. The van der Waals surface area contributed by atoms with Gasteiger partial charge in [-0.2, -0.15) is 11.8 Å². The van der Waals surface area contributed by atoms with Crippen molar-refractivity contribution in [2.75, 3.05) is 31.1 Å². The lowest BCUT2D eigenvalue weighted by Crippen LogP contribution is -2.41. The number of nitrogens with zero attached hydrogens (tertiary/aromatic N) is 1. The van der Waals surface area contributed by atoms with Crippen molar-refractivity contribution in [2.24, 2.45) is 5.73 Å². The molecule has 0 radical (unpaired) electrons. The smallest absolute Gasteiger partial charge is 0.246 e. The van der Waals surface area contributed by atoms with E-state index in [9.17, 15) is 14.4 Å². The first-order valence-electron chi connectivity index (χ1n) is 6.01. The summed E-state index contributed by atoms with van der Waals surface area (Å²) in [5.74, 6) is 0.320. The Morgan fingerprint density at radius 2 is 2.17 bits per heavy atom. The Morgan fingerprint density at radius 1 is 1.39 bits per heavy atom. The number of nitrogens with two attached hydrogens (primary N) is 1. The number of carbonyl (C=O) groups excluding carboxylic acids is 3. The lowest BCUT2D eigenvalue weighted by Gasteiger charge is -2.14. The molecule has 1 heterocycles. The molecule has 0 aromatic carbocycles. The molecule has 0 aliphatic carbocycles. The minimum Gasteiger partial charge on any atom is -0.333 e. The molecular formula is C11H19N3O3S. The Bertz CT molecular complexity index is 323. The van der Waals surface area contributed by atoms with Crippen LogP contribution < -0.4 is 11.1 Å². The Balaban J connectivity index is 2.15. The lowest BCUT2D eigenvalue weighted by molar-refractivity contribution is -0.135. The van der Waals surface area contributed by atoms with Gasteiger partial charge in [0.25, 0.3) is 0 Å². The molecule has 18 heavy (non-hydrogen) atoms. The highest BCUT2D eigenvalue weighted by Gasteiger charge is 2.22. The Labute approximate surface area is 111 Å². The van der Waals surface area contributed by atoms with E-state index in [0.717, 1.165) is 18.6 Å². The predicted molar refractivity (Wildman–Crippen MR) is 70.0 cm³/mol. The van der Waals surface area contributed by atoms with Gasteiger partial charge >= 0.3 is 0 Å². The summed E-state index contributed by atoms with van der Waals surface area (Å²) in [6.45, 7) is 1.19. The van der Waals surface area contributed by atoms with Crippen molar-refractivity contribution >= 4 is 29.5 Å². The molecule has 3 amide bonds. The van der Waals surface area contributed by atoms with Gasteiger partial charge in [0.05, 0.1) is 12.3 Å². The summed E-state index contributed by atoms with van der Waals surface area (Å²) < 4.78 is 0. The number of hydrogen-bond acceptors (Lipinski definition) is 5. The lowest BCUT2D eigenvalue weighted by atomic mass is 10.4. The van der Waals surface area contributed by atoms with Gasteiger partial charge in [-0.25, -0.2) is 0 Å². The van der Waals surface area contributed by atoms with Gasteiger partial charge in [-0.05, 0) is 25.1 Å². The van der Waals surface area contributed by atoms with Crippen LogP contribution in [0, 0.1) is 0 Å². The molecule has 3 N–H and O–H groups in total. The molecule has 1 rings (SSSR count). The van der Waals surface area contributed by atoms with Gasteiger partial charge in [-0.3, -0.25) is 19.7 Å². The number of rotatable bonds is 7. The van der Waals surface area contributed by atoms with E-state index in [0.29, 0.717) is 19.5 Å². The van der Waals surface area contributed by atoms with E-state index in [2.05, 4.69) is 5.32 Å². The zero-order chi connectivity index (χ0) is 13.4. The third-order valence-corrected chi connectivity index (χ3v) is 3.55. The van der Waals surface area contributed by atoms with E-state index in [4.69, 9.17) is 5.73 Å². The molecular weight excluding hydrogens is 254 g/mol. The zero-order valence-electron chi connectivity index (χ0n) is 10.3. The molecule has 6 nitrogen and oxygen atoms in total. The van der Waals surface area contributed by atoms with Crippen molar-refractivity contribution in [1.29, 1.82) is 0 Å². The van der Waals surface area contributed by atoms with Crippen LogP contribution in [0.5, 0.6) is 0 Å². The van der Waals surface area contributed by atoms with Gasteiger partial charge < -0.3 is 10.6 Å². The second-order valence-corrected chi connectivity index (χ2v) is 5.19. The predicted octanol–water partition coefficient (Wildman–Crippen LogP) is -0.666. The quantitative estimate of drug-likeness (QED) is 0.600. The summed E-state index contributed by atoms with van der Waals surface area (Å²) in [6, 6.07) is 0. The molecule has 0 atom stereocenters. The molecule has 1 fully saturated rings. The van der Waals surface area contributed by atoms with Crippen molar-refractivity contribution in [3.8, 4) is 0 Å². The molecule has 0 aromatic rings. The topological polar surface area (TPSA) is 92.5 Å². The monoisotopic (exact) mass is 273 g/mol. The van der Waals surface area contributed by atoms with E-state index < -0.39 is 5.91 Å². The third kappa shape index (κ3) is 5.50. The van der Waals surface area contributed by atoms with Gasteiger partial charge in [0, 0.05) is 13.0 Å². The second kappa shape index (κ2) is 8.10. The Morgan fingerprint density at radius 3 is 2.78 bits per heavy atom. The van der Waals surface area contributed by atoms with Crippen LogP contribution in [0.15, 0.2) is 0 Å². The molecule has 7 heteroatoms. The van der Waals surface area contributed by atoms with E-state index in [1.165, 1.54) is 16.7 Å². The number of imide groups is 1. The number of carbonyl (C=O) groups is 3. The normalized spacial score (nSPS) is 14.9. The van der Waals surface area contributed by atoms with Crippen molar-refractivity contribution in [3.05, 3.63) is 0 Å². The van der Waals surface area contributed by atoms with Gasteiger partial charge in [0.2, 0.25) is 17.7 Å². The first-order valence-corrected chi connectivity index (χ1v) is 7.17. The van der Waals surface area contributed by atoms with E-state index in [-0.39, 0.29) is 24.1 Å². The number of amides is 3. The largest absolute Gasteiger partial charge is 0.333 e. The average molecular weight is 273 g/mol. The van der Waals surface area contributed by atoms with Crippen LogP contribution in [0.1, 0.15) is 19.3 Å². The first kappa shape index (κ1) is 15.0. The van der Waals surface area contributed by atoms with E-state index in [1.807, 2.05) is 0 Å². The number of nitrogens with one attached hydrogen (secondary N) is 1. The summed E-state index contributed by atoms with van der Waals surface area (Å²) in [4.78, 5) is 35.6. The molecule has 0 bridgehead atoms. The molecule has 1 aliphatic heterocycles. The highest BCUT2D eigenvalue weighted by Crippen LogP contribution is 2.08. The number of thioether (sulfide) groups is 1. The standard InChI is InChI=1S/C11H19N3O3S/c12-4-2-6-18-8-10(16)13-9(15)7-14-5-1-3-11(14)17/h1-8,12H2,(H,13,15,16). The Kier molecular flexibility index (Phi) is 6.74. The van der Waals surface area contributed by atoms with Crippen molar-refractivity contribution in [3.63, 3.8) is 0 Å². The van der Waals surface area contributed by atoms with Crippen LogP contribution in [0.3, 0.4) is 0 Å². The number of likely N-dealkylation sites (tertiary alicyclic amines) is 1. The molecule has 102 valence electrons. The molecule has 1 saturated heterocycles. The van der Waals surface area contributed by atoms with Gasteiger partial charge in [0.1, 0.15) is 0 Å². The maximum absolute atomic E-state index is 11.5. The SMILES string of the molecule is NCCCSCC(=O)NC(=O)CN1CCCC1=O. The summed E-state index contributed by atoms with van der Waals surface area (Å²) >= 11 is 1.45. The van der Waals surface area contributed by atoms with Crippen molar-refractivity contribution < 1.29 is 14.4 Å². The van der Waals surface area contributed by atoms with Crippen LogP contribution in [0.25, 0.3) is 0 Å². The number of hydrogen-bond donors (Lipinski definition) is 2. The molecule has 0 spiro atoms. The fourth-order valence-electron chi connectivity index (χ4n) is 1.63. The summed E-state index contributed by atoms with van der Waals surface area (Å²) in [5.41, 5.74) is 5.33. The van der Waals surface area contributed by atoms with Crippen molar-refractivity contribution in [2.45, 2.75) is 19.3 Å². The summed E-state index contributed by atoms with van der Waals surface area (Å²) in [7, 11) is 0. The summed E-state index contributed by atoms with van der Waals surface area (Å²) in [5, 5.41) is 2.28. The Hall–Kier alpha value is -1.08. The third-order valence-electron chi connectivity index (χ3n) is 2.51. The molecule has 0 aromatic heterocycles. The van der Waals surface area contributed by atoms with Crippen LogP contribution >= 0.6 is 11.8 Å². The van der Waals surface area contributed by atoms with Crippen LogP contribution in [0.4, 0.5) is 0 Å². The van der Waals surface area contributed by atoms with Crippen LogP contribution in [-0.4, -0.2) is 53.8 Å². The molecule has 0 saturated carbocycles. The minimum atomic E-state index is -0.408. The van der Waals surface area contributed by atoms with Crippen LogP contribution in [-0.2, 0) is 14.4 Å². The van der Waals surface area contributed by atoms with Crippen molar-refractivity contribution in [1.82, 2.24) is 10.2 Å². The van der Waals surface area contributed by atoms with E-state index >= 15 is 0 Å². The fraction of sp³-hybridized carbons (Fsp3) is 0.727. The second-order valence-electron chi connectivity index (χ2n) is 4.09. The maximum atomic E-state index is 11.5. The molecule has 0 unspecified atom stereocenters. The van der Waals surface area contributed by atoms with Gasteiger partial charge in [0.15, 0.2) is 0 Å². The first-order chi connectivity index (χ1) is 8.63. The summed E-state index contributed by atoms with van der Waals surface area (Å²) in [6.07, 6.45) is 2.14. The molecule has 1 aliphatic rings. The minimum absolute atomic E-state index is 0.0158.